The Kier molecular flexibility index (Phi) is 4.87. The first-order valence-corrected chi connectivity index (χ1v) is 7.14. The van der Waals surface area contributed by atoms with E-state index < -0.39 is 28.9 Å². The number of nitro groups is 1. The second-order valence-corrected chi connectivity index (χ2v) is 5.11. The summed E-state index contributed by atoms with van der Waals surface area (Å²) in [6, 6.07) is 8.58. The molecule has 0 radical (unpaired) electrons. The van der Waals surface area contributed by atoms with E-state index in [0.717, 1.165) is 0 Å². The molecule has 1 aromatic carbocycles. The third-order valence-electron chi connectivity index (χ3n) is 3.85. The molecule has 1 aliphatic heterocycles. The number of hydrogen-bond acceptors (Lipinski definition) is 6. The Morgan fingerprint density at radius 1 is 1.45 bits per heavy atom. The zero-order valence-corrected chi connectivity index (χ0v) is 12.3. The molecule has 0 aromatic heterocycles. The van der Waals surface area contributed by atoms with Crippen LogP contribution in [0.25, 0.3) is 0 Å². The van der Waals surface area contributed by atoms with Crippen LogP contribution in [0.15, 0.2) is 30.3 Å². The van der Waals surface area contributed by atoms with Gasteiger partial charge in [-0.3, -0.25) is 20.2 Å². The lowest BCUT2D eigenvalue weighted by molar-refractivity contribution is -0.484. The Morgan fingerprint density at radius 3 is 2.64 bits per heavy atom. The summed E-state index contributed by atoms with van der Waals surface area (Å²) in [7, 11) is 0. The van der Waals surface area contributed by atoms with Crippen molar-refractivity contribution in [1.82, 2.24) is 5.32 Å². The molecule has 118 valence electrons. The van der Waals surface area contributed by atoms with E-state index in [9.17, 15) is 19.7 Å². The third-order valence-corrected chi connectivity index (χ3v) is 3.85. The summed E-state index contributed by atoms with van der Waals surface area (Å²) in [5.74, 6) is -2.01. The molecule has 1 aliphatic rings. The zero-order chi connectivity index (χ0) is 16.2. The molecule has 1 aromatic rings. The maximum Gasteiger partial charge on any atom is 0.335 e. The van der Waals surface area contributed by atoms with Crippen LogP contribution in [0.1, 0.15) is 24.8 Å². The fourth-order valence-electron chi connectivity index (χ4n) is 2.89. The fourth-order valence-corrected chi connectivity index (χ4v) is 2.89. The van der Waals surface area contributed by atoms with Crippen molar-refractivity contribution in [2.45, 2.75) is 24.8 Å². The first kappa shape index (κ1) is 16.1. The van der Waals surface area contributed by atoms with Crippen LogP contribution in [-0.2, 0) is 14.3 Å². The Hall–Kier alpha value is -2.28. The van der Waals surface area contributed by atoms with Gasteiger partial charge in [0.25, 0.3) is 0 Å². The number of Topliss-reactive ketones (excluding diaryl/α,β-unsaturated/α-hetero) is 1. The molecule has 0 bridgehead atoms. The standard InChI is InChI=1S/C15H18N2O5/c1-2-22-14(19)15(13(18)8-9-16-15)12(10-17(20)21)11-6-4-3-5-7-11/h3-7,12,16H,2,8-10H2,1H3/t12-,15+/m1/s1. The van der Waals surface area contributed by atoms with Gasteiger partial charge in [0.05, 0.1) is 12.5 Å². The fraction of sp³-hybridized carbons (Fsp3) is 0.467. The monoisotopic (exact) mass is 306 g/mol. The van der Waals surface area contributed by atoms with E-state index >= 15 is 0 Å². The Morgan fingerprint density at radius 2 is 2.14 bits per heavy atom. The number of carbonyl (C=O) groups excluding carboxylic acids is 2. The molecule has 2 rings (SSSR count). The molecule has 1 fully saturated rings. The predicted octanol–water partition coefficient (Wildman–Crippen LogP) is 0.911. The van der Waals surface area contributed by atoms with Gasteiger partial charge in [-0.25, -0.2) is 4.79 Å². The van der Waals surface area contributed by atoms with Crippen molar-refractivity contribution in [1.29, 1.82) is 0 Å². The van der Waals surface area contributed by atoms with Crippen LogP contribution >= 0.6 is 0 Å². The average Bonchev–Trinajstić information content (AvgIpc) is 2.88. The van der Waals surface area contributed by atoms with Gasteiger partial charge in [0.15, 0.2) is 11.3 Å². The summed E-state index contributed by atoms with van der Waals surface area (Å²) >= 11 is 0. The first-order chi connectivity index (χ1) is 10.5. The second-order valence-electron chi connectivity index (χ2n) is 5.11. The average molecular weight is 306 g/mol. The molecular formula is C15H18N2O5. The zero-order valence-electron chi connectivity index (χ0n) is 12.3. The summed E-state index contributed by atoms with van der Waals surface area (Å²) in [5.41, 5.74) is -1.11. The molecule has 1 heterocycles. The van der Waals surface area contributed by atoms with Gasteiger partial charge in [0.2, 0.25) is 6.54 Å². The van der Waals surface area contributed by atoms with Gasteiger partial charge in [-0.1, -0.05) is 30.3 Å². The van der Waals surface area contributed by atoms with Crippen molar-refractivity contribution < 1.29 is 19.2 Å². The van der Waals surface area contributed by atoms with Gasteiger partial charge in [-0.2, -0.15) is 0 Å². The van der Waals surface area contributed by atoms with Crippen molar-refractivity contribution in [2.75, 3.05) is 19.7 Å². The third kappa shape index (κ3) is 2.85. The van der Waals surface area contributed by atoms with Crippen molar-refractivity contribution in [3.8, 4) is 0 Å². The number of esters is 1. The van der Waals surface area contributed by atoms with E-state index in [1.54, 1.807) is 37.3 Å². The minimum absolute atomic E-state index is 0.107. The summed E-state index contributed by atoms with van der Waals surface area (Å²) in [5, 5.41) is 14.0. The van der Waals surface area contributed by atoms with E-state index in [1.807, 2.05) is 0 Å². The number of rotatable bonds is 6. The second kappa shape index (κ2) is 6.65. The number of benzene rings is 1. The molecule has 22 heavy (non-hydrogen) atoms. The minimum Gasteiger partial charge on any atom is -0.464 e. The van der Waals surface area contributed by atoms with Crippen LogP contribution in [0.2, 0.25) is 0 Å². The molecule has 1 saturated heterocycles. The molecule has 0 saturated carbocycles. The normalized spacial score (nSPS) is 22.3. The Labute approximate surface area is 127 Å². The maximum atomic E-state index is 12.4. The van der Waals surface area contributed by atoms with Gasteiger partial charge in [0, 0.05) is 17.9 Å². The summed E-state index contributed by atoms with van der Waals surface area (Å²) in [4.78, 5) is 35.4. The van der Waals surface area contributed by atoms with E-state index in [4.69, 9.17) is 4.74 Å². The van der Waals surface area contributed by atoms with E-state index in [1.165, 1.54) is 0 Å². The van der Waals surface area contributed by atoms with Crippen molar-refractivity contribution in [3.63, 3.8) is 0 Å². The molecular weight excluding hydrogens is 288 g/mol. The molecule has 0 unspecified atom stereocenters. The lowest BCUT2D eigenvalue weighted by Gasteiger charge is -2.32. The Balaban J connectivity index is 2.51. The van der Waals surface area contributed by atoms with Crippen LogP contribution < -0.4 is 5.32 Å². The smallest absolute Gasteiger partial charge is 0.335 e. The van der Waals surface area contributed by atoms with Gasteiger partial charge in [0.1, 0.15) is 0 Å². The van der Waals surface area contributed by atoms with Crippen molar-refractivity contribution in [3.05, 3.63) is 46.0 Å². The molecule has 0 aliphatic carbocycles. The molecule has 7 nitrogen and oxygen atoms in total. The van der Waals surface area contributed by atoms with E-state index in [2.05, 4.69) is 5.32 Å². The van der Waals surface area contributed by atoms with Crippen molar-refractivity contribution >= 4 is 11.8 Å². The number of hydrogen-bond donors (Lipinski definition) is 1. The van der Waals surface area contributed by atoms with Crippen LogP contribution in [0.5, 0.6) is 0 Å². The molecule has 2 atom stereocenters. The summed E-state index contributed by atoms with van der Waals surface area (Å²) in [6.45, 7) is 1.52. The minimum atomic E-state index is -1.68. The lowest BCUT2D eigenvalue weighted by Crippen LogP contribution is -2.59. The van der Waals surface area contributed by atoms with Crippen LogP contribution in [-0.4, -0.2) is 41.9 Å². The number of nitrogens with zero attached hydrogens (tertiary/aromatic N) is 1. The van der Waals surface area contributed by atoms with Crippen LogP contribution in [0.4, 0.5) is 0 Å². The number of ketones is 1. The molecule has 0 amide bonds. The SMILES string of the molecule is CCOC(=O)[C@@]1([C@H](C[N+](=O)[O-])c2ccccc2)NCCC1=O. The van der Waals surface area contributed by atoms with Gasteiger partial charge in [-0.15, -0.1) is 0 Å². The van der Waals surface area contributed by atoms with Gasteiger partial charge in [-0.05, 0) is 12.5 Å². The van der Waals surface area contributed by atoms with E-state index in [-0.39, 0.29) is 18.8 Å². The van der Waals surface area contributed by atoms with E-state index in [0.29, 0.717) is 12.1 Å². The predicted molar refractivity (Wildman–Crippen MR) is 78.0 cm³/mol. The summed E-state index contributed by atoms with van der Waals surface area (Å²) in [6.07, 6.45) is 0.153. The molecule has 7 heteroatoms. The highest BCUT2D eigenvalue weighted by Crippen LogP contribution is 2.34. The van der Waals surface area contributed by atoms with Crippen molar-refractivity contribution in [2.24, 2.45) is 0 Å². The molecule has 0 spiro atoms. The number of ether oxygens (including phenoxy) is 1. The maximum absolute atomic E-state index is 12.4. The number of nitrogens with one attached hydrogen (secondary N) is 1. The highest BCUT2D eigenvalue weighted by molar-refractivity contribution is 6.11. The van der Waals surface area contributed by atoms with Gasteiger partial charge < -0.3 is 4.74 Å². The quantitative estimate of drug-likeness (QED) is 0.363. The highest BCUT2D eigenvalue weighted by atomic mass is 16.6. The van der Waals surface area contributed by atoms with Crippen LogP contribution in [0, 0.1) is 10.1 Å². The first-order valence-electron chi connectivity index (χ1n) is 7.14. The Bertz CT molecular complexity index is 575. The lowest BCUT2D eigenvalue weighted by atomic mass is 9.77. The van der Waals surface area contributed by atoms with Gasteiger partial charge >= 0.3 is 5.97 Å². The van der Waals surface area contributed by atoms with Crippen LogP contribution in [0.3, 0.4) is 0 Å². The number of carbonyl (C=O) groups is 2. The largest absolute Gasteiger partial charge is 0.464 e. The highest BCUT2D eigenvalue weighted by Gasteiger charge is 2.57. The summed E-state index contributed by atoms with van der Waals surface area (Å²) < 4.78 is 5.04. The topological polar surface area (TPSA) is 98.5 Å². The molecule has 1 N–H and O–H groups in total.